The standard InChI is InChI=1S/C30H34N4O7/c1-33(2)19-12-15(13-32-16-8-6-5-7-9-16)24(35)21-17(19)10-14-11-18-23(34(3)4)26(37)22(29(31)40)28(39)30(18,41)27(38)20(14)25(21)36/h5-9,12,14,18,23,32,35-36,39,41H,10-11,13H2,1-4H3,(H2,31,40)/t14-,18-,23?,30?/m0/s1. The second-order valence-corrected chi connectivity index (χ2v) is 11.3. The number of ketones is 2. The topological polar surface area (TPSA) is 177 Å². The summed E-state index contributed by atoms with van der Waals surface area (Å²) in [5, 5.41) is 49.0. The summed E-state index contributed by atoms with van der Waals surface area (Å²) in [5.41, 5.74) is 4.41. The van der Waals surface area contributed by atoms with E-state index in [2.05, 4.69) is 5.32 Å². The molecule has 0 saturated heterocycles. The van der Waals surface area contributed by atoms with Crippen LogP contribution in [0.3, 0.4) is 0 Å². The number of phenolic OH excluding ortho intramolecular Hbond substituents is 1. The Balaban J connectivity index is 1.68. The molecule has 5 rings (SSSR count). The molecule has 3 aliphatic rings. The van der Waals surface area contributed by atoms with E-state index in [0.717, 1.165) is 11.4 Å². The summed E-state index contributed by atoms with van der Waals surface area (Å²) in [6.45, 7) is 0.216. The van der Waals surface area contributed by atoms with Crippen molar-refractivity contribution in [2.24, 2.45) is 17.6 Å². The number of nitrogens with zero attached hydrogens (tertiary/aromatic N) is 2. The molecule has 2 aromatic rings. The molecular formula is C30H34N4O7. The maximum absolute atomic E-state index is 14.1. The SMILES string of the molecule is CN(C)c1cc(CNc2ccccc2)c(O)c2c1C[C@H]1C[C@H]3C(N(C)C)C(=O)C(C(N)=O)=C(O)C3(O)C(=O)C1=C2O. The molecule has 0 aliphatic heterocycles. The van der Waals surface area contributed by atoms with Crippen molar-refractivity contribution in [1.82, 2.24) is 4.90 Å². The van der Waals surface area contributed by atoms with Crippen molar-refractivity contribution >= 4 is 34.6 Å². The van der Waals surface area contributed by atoms with E-state index in [0.29, 0.717) is 11.1 Å². The number of aliphatic hydroxyl groups is 3. The van der Waals surface area contributed by atoms with Crippen LogP contribution in [-0.4, -0.2) is 82.6 Å². The van der Waals surface area contributed by atoms with E-state index in [4.69, 9.17) is 5.73 Å². The molecule has 0 radical (unpaired) electrons. The van der Waals surface area contributed by atoms with Gasteiger partial charge in [0.25, 0.3) is 5.91 Å². The van der Waals surface area contributed by atoms with E-state index in [-0.39, 0.29) is 36.3 Å². The lowest BCUT2D eigenvalue weighted by molar-refractivity contribution is -0.153. The second kappa shape index (κ2) is 9.93. The number of phenols is 1. The highest BCUT2D eigenvalue weighted by molar-refractivity contribution is 6.24. The summed E-state index contributed by atoms with van der Waals surface area (Å²) in [6, 6.07) is 10.1. The number of carbonyl (C=O) groups excluding carboxylic acids is 3. The summed E-state index contributed by atoms with van der Waals surface area (Å²) in [6.07, 6.45) is 0.263. The van der Waals surface area contributed by atoms with Gasteiger partial charge >= 0.3 is 0 Å². The highest BCUT2D eigenvalue weighted by Gasteiger charge is 2.64. The van der Waals surface area contributed by atoms with Gasteiger partial charge < -0.3 is 36.4 Å². The molecule has 11 nitrogen and oxygen atoms in total. The molecule has 0 bridgehead atoms. The zero-order valence-electron chi connectivity index (χ0n) is 23.3. The lowest BCUT2D eigenvalue weighted by Crippen LogP contribution is -2.65. The Bertz CT molecular complexity index is 1530. The van der Waals surface area contributed by atoms with Crippen LogP contribution in [0.1, 0.15) is 23.1 Å². The largest absolute Gasteiger partial charge is 0.508 e. The number of benzene rings is 2. The van der Waals surface area contributed by atoms with Crippen LogP contribution in [0.25, 0.3) is 5.76 Å². The molecule has 216 valence electrons. The summed E-state index contributed by atoms with van der Waals surface area (Å²) >= 11 is 0. The zero-order valence-corrected chi connectivity index (χ0v) is 23.3. The summed E-state index contributed by atoms with van der Waals surface area (Å²) in [7, 11) is 6.80. The number of nitrogens with two attached hydrogens (primary N) is 1. The van der Waals surface area contributed by atoms with Gasteiger partial charge in [-0.2, -0.15) is 0 Å². The normalized spacial score (nSPS) is 25.6. The van der Waals surface area contributed by atoms with Crippen LogP contribution < -0.4 is 16.0 Å². The predicted octanol–water partition coefficient (Wildman–Crippen LogP) is 1.64. The highest BCUT2D eigenvalue weighted by Crippen LogP contribution is 2.54. The number of anilines is 2. The number of aliphatic hydroxyl groups excluding tert-OH is 2. The maximum Gasteiger partial charge on any atom is 0.255 e. The third kappa shape index (κ3) is 4.15. The Hall–Kier alpha value is -4.35. The fourth-order valence-corrected chi connectivity index (χ4v) is 6.63. The van der Waals surface area contributed by atoms with Crippen molar-refractivity contribution in [3.63, 3.8) is 0 Å². The number of fused-ring (bicyclic) bond motifs is 3. The van der Waals surface area contributed by atoms with Gasteiger partial charge in [0.2, 0.25) is 5.78 Å². The number of rotatable bonds is 6. The molecule has 2 aromatic carbocycles. The summed E-state index contributed by atoms with van der Waals surface area (Å²) in [5.74, 6) is -6.67. The van der Waals surface area contributed by atoms with Crippen molar-refractivity contribution < 1.29 is 34.8 Å². The van der Waals surface area contributed by atoms with Gasteiger partial charge in [-0.05, 0) is 56.6 Å². The Morgan fingerprint density at radius 3 is 2.34 bits per heavy atom. The molecule has 41 heavy (non-hydrogen) atoms. The van der Waals surface area contributed by atoms with Gasteiger partial charge in [-0.3, -0.25) is 19.3 Å². The molecule has 2 unspecified atom stereocenters. The van der Waals surface area contributed by atoms with Gasteiger partial charge in [0, 0.05) is 49.1 Å². The van der Waals surface area contributed by atoms with Crippen molar-refractivity contribution in [3.05, 3.63) is 70.0 Å². The second-order valence-electron chi connectivity index (χ2n) is 11.3. The molecule has 7 N–H and O–H groups in total. The Kier molecular flexibility index (Phi) is 6.83. The van der Waals surface area contributed by atoms with Gasteiger partial charge in [-0.25, -0.2) is 0 Å². The molecule has 11 heteroatoms. The number of amides is 1. The molecule has 3 aliphatic carbocycles. The highest BCUT2D eigenvalue weighted by atomic mass is 16.3. The van der Waals surface area contributed by atoms with E-state index >= 15 is 0 Å². The molecule has 0 heterocycles. The van der Waals surface area contributed by atoms with Gasteiger partial charge in [0.15, 0.2) is 11.4 Å². The van der Waals surface area contributed by atoms with Crippen LogP contribution in [0.4, 0.5) is 11.4 Å². The van der Waals surface area contributed by atoms with E-state index in [1.165, 1.54) is 4.90 Å². The van der Waals surface area contributed by atoms with Gasteiger partial charge in [0.05, 0.1) is 11.6 Å². The van der Waals surface area contributed by atoms with Gasteiger partial charge in [-0.15, -0.1) is 0 Å². The van der Waals surface area contributed by atoms with E-state index in [1.807, 2.05) is 55.4 Å². The first-order valence-corrected chi connectivity index (χ1v) is 13.3. The lowest BCUT2D eigenvalue weighted by atomic mass is 9.57. The van der Waals surface area contributed by atoms with Crippen molar-refractivity contribution in [3.8, 4) is 5.75 Å². The fourth-order valence-electron chi connectivity index (χ4n) is 6.63. The van der Waals surface area contributed by atoms with Crippen LogP contribution in [-0.2, 0) is 27.3 Å². The first-order chi connectivity index (χ1) is 19.3. The molecule has 0 spiro atoms. The van der Waals surface area contributed by atoms with E-state index < -0.39 is 58.0 Å². The van der Waals surface area contributed by atoms with Crippen LogP contribution in [0.2, 0.25) is 0 Å². The molecule has 0 aromatic heterocycles. The molecule has 1 fully saturated rings. The minimum Gasteiger partial charge on any atom is -0.508 e. The van der Waals surface area contributed by atoms with Gasteiger partial charge in [0.1, 0.15) is 22.8 Å². The van der Waals surface area contributed by atoms with Crippen molar-refractivity contribution in [2.45, 2.75) is 31.0 Å². The number of nitrogens with one attached hydrogen (secondary N) is 1. The Morgan fingerprint density at radius 2 is 1.76 bits per heavy atom. The molecule has 4 atom stereocenters. The maximum atomic E-state index is 14.1. The number of aromatic hydroxyl groups is 1. The number of hydrogen-bond donors (Lipinski definition) is 6. The Morgan fingerprint density at radius 1 is 1.10 bits per heavy atom. The molecule has 1 saturated carbocycles. The first kappa shape index (κ1) is 28.2. The van der Waals surface area contributed by atoms with E-state index in [1.54, 1.807) is 14.1 Å². The first-order valence-electron chi connectivity index (χ1n) is 13.3. The Labute approximate surface area is 237 Å². The number of para-hydroxylation sites is 1. The fraction of sp³-hybridized carbons (Fsp3) is 0.367. The third-order valence-corrected chi connectivity index (χ3v) is 8.51. The minimum atomic E-state index is -2.67. The minimum absolute atomic E-state index is 0.0384. The smallest absolute Gasteiger partial charge is 0.255 e. The number of hydrogen-bond acceptors (Lipinski definition) is 10. The average Bonchev–Trinajstić information content (AvgIpc) is 2.90. The number of carbonyl (C=O) groups is 3. The van der Waals surface area contributed by atoms with Crippen molar-refractivity contribution in [2.75, 3.05) is 38.4 Å². The lowest BCUT2D eigenvalue weighted by Gasteiger charge is -2.50. The van der Waals surface area contributed by atoms with Crippen LogP contribution in [0, 0.1) is 11.8 Å². The van der Waals surface area contributed by atoms with Gasteiger partial charge in [-0.1, -0.05) is 18.2 Å². The number of Topliss-reactive ketones (excluding diaryl/α,β-unsaturated/α-hetero) is 2. The van der Waals surface area contributed by atoms with Crippen molar-refractivity contribution in [1.29, 1.82) is 0 Å². The quantitative estimate of drug-likeness (QED) is 0.284. The third-order valence-electron chi connectivity index (χ3n) is 8.51. The molecule has 1 amide bonds. The number of likely N-dealkylation sites (N-methyl/N-ethyl adjacent to an activating group) is 1. The average molecular weight is 563 g/mol. The van der Waals surface area contributed by atoms with E-state index in [9.17, 15) is 34.8 Å². The summed E-state index contributed by atoms with van der Waals surface area (Å²) < 4.78 is 0. The zero-order chi connectivity index (χ0) is 30.0. The monoisotopic (exact) mass is 562 g/mol. The van der Waals surface area contributed by atoms with Crippen LogP contribution >= 0.6 is 0 Å². The molecular weight excluding hydrogens is 528 g/mol. The van der Waals surface area contributed by atoms with Crippen LogP contribution in [0.5, 0.6) is 5.75 Å². The van der Waals surface area contributed by atoms with Crippen LogP contribution in [0.15, 0.2) is 53.3 Å². The summed E-state index contributed by atoms with van der Waals surface area (Å²) in [4.78, 5) is 42.8. The number of primary amides is 1. The predicted molar refractivity (Wildman–Crippen MR) is 152 cm³/mol.